The highest BCUT2D eigenvalue weighted by Crippen LogP contribution is 2.48. The molecule has 0 spiro atoms. The smallest absolute Gasteiger partial charge is 0.0199 e. The molecule has 0 atom stereocenters. The van der Waals surface area contributed by atoms with Crippen LogP contribution in [0.2, 0.25) is 0 Å². The Labute approximate surface area is 155 Å². The number of hydrogen-bond donors (Lipinski definition) is 0. The molecule has 1 aromatic rings. The fraction of sp³-hybridized carbons (Fsp3) is 0.600. The number of benzene rings is 1. The normalized spacial score (nSPS) is 32.0. The van der Waals surface area contributed by atoms with Gasteiger partial charge in [0, 0.05) is 11.3 Å². The molecular weight excluding hydrogens is 300 g/mol. The van der Waals surface area contributed by atoms with Gasteiger partial charge >= 0.3 is 0 Å². The first-order valence-corrected chi connectivity index (χ1v) is 10.7. The summed E-state index contributed by atoms with van der Waals surface area (Å²) in [6.45, 7) is 4.69. The summed E-state index contributed by atoms with van der Waals surface area (Å²) in [6, 6.07) is 10.9. The molecule has 0 heterocycles. The van der Waals surface area contributed by atoms with E-state index in [1.54, 1.807) is 0 Å². The number of rotatable bonds is 7. The molecule has 0 unspecified atom stereocenters. The van der Waals surface area contributed by atoms with E-state index in [4.69, 9.17) is 0 Å². The molecule has 1 aromatic carbocycles. The van der Waals surface area contributed by atoms with Crippen LogP contribution in [0.4, 0.5) is 0 Å². The average Bonchev–Trinajstić information content (AvgIpc) is 2.69. The molecule has 1 saturated carbocycles. The van der Waals surface area contributed by atoms with Crippen molar-refractivity contribution in [3.8, 4) is 0 Å². The second kappa shape index (κ2) is 8.88. The predicted molar refractivity (Wildman–Crippen MR) is 110 cm³/mol. The third-order valence-electron chi connectivity index (χ3n) is 6.85. The maximum absolute atomic E-state index is 2.56. The molecule has 0 nitrogen and oxygen atoms in total. The quantitative estimate of drug-likeness (QED) is 0.354. The zero-order valence-corrected chi connectivity index (χ0v) is 16.3. The van der Waals surface area contributed by atoms with E-state index in [1.165, 1.54) is 63.4 Å². The van der Waals surface area contributed by atoms with Gasteiger partial charge in [-0.25, -0.2) is 0 Å². The molecule has 0 amide bonds. The molecule has 0 radical (unpaired) electrons. The highest BCUT2D eigenvalue weighted by molar-refractivity contribution is 5.34. The van der Waals surface area contributed by atoms with Gasteiger partial charge in [-0.3, -0.25) is 0 Å². The molecule has 2 aliphatic carbocycles. The third kappa shape index (κ3) is 4.46. The lowest BCUT2D eigenvalue weighted by molar-refractivity contribution is 0.169. The zero-order valence-electron chi connectivity index (χ0n) is 16.3. The molecule has 0 aliphatic heterocycles. The Balaban J connectivity index is 1.59. The summed E-state index contributed by atoms with van der Waals surface area (Å²) in [5.41, 5.74) is 1.74. The van der Waals surface area contributed by atoms with Crippen molar-refractivity contribution in [2.24, 2.45) is 17.3 Å². The van der Waals surface area contributed by atoms with E-state index in [9.17, 15) is 0 Å². The SMILES string of the molecule is CCCCCC1CCC(C2(CC)C=CC(c3ccccc3)C=C2)CC1. The van der Waals surface area contributed by atoms with E-state index in [2.05, 4.69) is 68.5 Å². The summed E-state index contributed by atoms with van der Waals surface area (Å²) in [5, 5.41) is 0. The predicted octanol–water partition coefficient (Wildman–Crippen LogP) is 7.68. The van der Waals surface area contributed by atoms with Crippen LogP contribution in [0.1, 0.15) is 83.1 Å². The maximum Gasteiger partial charge on any atom is 0.0199 e. The minimum absolute atomic E-state index is 0.319. The van der Waals surface area contributed by atoms with E-state index in [0.29, 0.717) is 11.3 Å². The van der Waals surface area contributed by atoms with Gasteiger partial charge in [0.05, 0.1) is 0 Å². The lowest BCUT2D eigenvalue weighted by Gasteiger charge is -2.42. The molecule has 0 aromatic heterocycles. The Hall–Kier alpha value is -1.30. The fourth-order valence-corrected chi connectivity index (χ4v) is 5.05. The van der Waals surface area contributed by atoms with Gasteiger partial charge in [0.15, 0.2) is 0 Å². The lowest BCUT2D eigenvalue weighted by Crippen LogP contribution is -2.31. The van der Waals surface area contributed by atoms with Crippen LogP contribution < -0.4 is 0 Å². The number of unbranched alkanes of at least 4 members (excludes halogenated alkanes) is 2. The second-order valence-corrected chi connectivity index (χ2v) is 8.33. The van der Waals surface area contributed by atoms with E-state index < -0.39 is 0 Å². The van der Waals surface area contributed by atoms with Crippen molar-refractivity contribution in [3.05, 3.63) is 60.2 Å². The molecular formula is C25H36. The molecule has 1 fully saturated rings. The summed E-state index contributed by atoms with van der Waals surface area (Å²) in [7, 11) is 0. The topological polar surface area (TPSA) is 0 Å². The summed E-state index contributed by atoms with van der Waals surface area (Å²) in [4.78, 5) is 0. The minimum atomic E-state index is 0.319. The van der Waals surface area contributed by atoms with E-state index in [1.807, 2.05) is 0 Å². The Morgan fingerprint density at radius 1 is 0.880 bits per heavy atom. The van der Waals surface area contributed by atoms with Gasteiger partial charge < -0.3 is 0 Å². The summed E-state index contributed by atoms with van der Waals surface area (Å²) in [6.07, 6.45) is 22.8. The highest BCUT2D eigenvalue weighted by Gasteiger charge is 2.36. The van der Waals surface area contributed by atoms with Crippen molar-refractivity contribution in [1.29, 1.82) is 0 Å². The van der Waals surface area contributed by atoms with Gasteiger partial charge in [0.25, 0.3) is 0 Å². The van der Waals surface area contributed by atoms with Gasteiger partial charge in [-0.2, -0.15) is 0 Å². The summed E-state index contributed by atoms with van der Waals surface area (Å²) < 4.78 is 0. The van der Waals surface area contributed by atoms with Crippen molar-refractivity contribution < 1.29 is 0 Å². The molecule has 25 heavy (non-hydrogen) atoms. The van der Waals surface area contributed by atoms with Crippen LogP contribution in [0.15, 0.2) is 54.6 Å². The Bertz CT molecular complexity index is 543. The van der Waals surface area contributed by atoms with E-state index in [-0.39, 0.29) is 0 Å². The highest BCUT2D eigenvalue weighted by atomic mass is 14.4. The van der Waals surface area contributed by atoms with Gasteiger partial charge in [-0.1, -0.05) is 107 Å². The molecule has 0 bridgehead atoms. The van der Waals surface area contributed by atoms with Crippen molar-refractivity contribution >= 4 is 0 Å². The first-order valence-electron chi connectivity index (χ1n) is 10.7. The Kier molecular flexibility index (Phi) is 6.57. The van der Waals surface area contributed by atoms with Crippen molar-refractivity contribution in [2.45, 2.75) is 77.6 Å². The van der Waals surface area contributed by atoms with Crippen molar-refractivity contribution in [1.82, 2.24) is 0 Å². The molecule has 2 aliphatic rings. The standard InChI is InChI=1S/C25H36/c1-3-5-7-10-21-13-15-24(16-14-21)25(4-2)19-17-23(18-20-25)22-11-8-6-9-12-22/h6,8-9,11-12,17-21,23-24H,3-5,7,10,13-16H2,1-2H3. The Morgan fingerprint density at radius 2 is 1.56 bits per heavy atom. The molecule has 3 rings (SSSR count). The van der Waals surface area contributed by atoms with Gasteiger partial charge in [0.1, 0.15) is 0 Å². The van der Waals surface area contributed by atoms with Gasteiger partial charge in [-0.05, 0) is 36.7 Å². The maximum atomic E-state index is 2.56. The minimum Gasteiger partial charge on any atom is -0.0774 e. The van der Waals surface area contributed by atoms with Crippen LogP contribution >= 0.6 is 0 Å². The number of hydrogen-bond acceptors (Lipinski definition) is 0. The van der Waals surface area contributed by atoms with Crippen molar-refractivity contribution in [3.63, 3.8) is 0 Å². The van der Waals surface area contributed by atoms with Crippen LogP contribution in [0.25, 0.3) is 0 Å². The first-order chi connectivity index (χ1) is 12.3. The van der Waals surface area contributed by atoms with E-state index >= 15 is 0 Å². The van der Waals surface area contributed by atoms with E-state index in [0.717, 1.165) is 11.8 Å². The second-order valence-electron chi connectivity index (χ2n) is 8.33. The van der Waals surface area contributed by atoms with Crippen molar-refractivity contribution in [2.75, 3.05) is 0 Å². The summed E-state index contributed by atoms with van der Waals surface area (Å²) >= 11 is 0. The molecule has 0 saturated heterocycles. The molecule has 136 valence electrons. The van der Waals surface area contributed by atoms with Crippen LogP contribution in [-0.4, -0.2) is 0 Å². The van der Waals surface area contributed by atoms with Crippen LogP contribution in [0.3, 0.4) is 0 Å². The van der Waals surface area contributed by atoms with Gasteiger partial charge in [0.2, 0.25) is 0 Å². The lowest BCUT2D eigenvalue weighted by atomic mass is 9.63. The van der Waals surface area contributed by atoms with Gasteiger partial charge in [-0.15, -0.1) is 0 Å². The summed E-state index contributed by atoms with van der Waals surface area (Å²) in [5.74, 6) is 2.32. The van der Waals surface area contributed by atoms with Crippen LogP contribution in [-0.2, 0) is 0 Å². The largest absolute Gasteiger partial charge is 0.0774 e. The third-order valence-corrected chi connectivity index (χ3v) is 6.85. The molecule has 0 N–H and O–H groups in total. The fourth-order valence-electron chi connectivity index (χ4n) is 5.05. The Morgan fingerprint density at radius 3 is 2.16 bits per heavy atom. The zero-order chi connectivity index (χ0) is 17.5. The average molecular weight is 337 g/mol. The van der Waals surface area contributed by atoms with Crippen LogP contribution in [0, 0.1) is 17.3 Å². The van der Waals surface area contributed by atoms with Crippen LogP contribution in [0.5, 0.6) is 0 Å². The molecule has 0 heteroatoms. The number of allylic oxidation sites excluding steroid dienone is 4. The first kappa shape index (κ1) is 18.5. The monoisotopic (exact) mass is 336 g/mol.